The number of halogens is 2. The lowest BCUT2D eigenvalue weighted by molar-refractivity contribution is 0.0582. The maximum atomic E-state index is 14.3. The Bertz CT molecular complexity index is 1320. The SMILES string of the molecule is CS(=O)(=O)c1ccc(Nc2cc(OC3CCN(C(=O)c4cccc(Cl)n4)CC3)ncn2)c(F)c1. The Morgan fingerprint density at radius 3 is 2.62 bits per heavy atom. The van der Waals surface area contributed by atoms with Crippen molar-refractivity contribution in [2.45, 2.75) is 23.8 Å². The number of aromatic nitrogens is 3. The number of piperidine rings is 1. The summed E-state index contributed by atoms with van der Waals surface area (Å²) in [7, 11) is -3.51. The highest BCUT2D eigenvalue weighted by Crippen LogP contribution is 2.24. The molecule has 9 nitrogen and oxygen atoms in total. The molecular formula is C22H21ClFN5O4S. The zero-order chi connectivity index (χ0) is 24.3. The minimum atomic E-state index is -3.51. The summed E-state index contributed by atoms with van der Waals surface area (Å²) in [4.78, 5) is 26.4. The molecule has 2 aromatic heterocycles. The number of pyridine rings is 1. The topological polar surface area (TPSA) is 114 Å². The predicted molar refractivity (Wildman–Crippen MR) is 124 cm³/mol. The van der Waals surface area contributed by atoms with Crippen molar-refractivity contribution in [3.05, 3.63) is 65.5 Å². The van der Waals surface area contributed by atoms with E-state index in [0.29, 0.717) is 37.5 Å². The molecule has 0 unspecified atom stereocenters. The molecule has 3 heterocycles. The highest BCUT2D eigenvalue weighted by molar-refractivity contribution is 7.90. The quantitative estimate of drug-likeness (QED) is 0.506. The molecule has 0 atom stereocenters. The lowest BCUT2D eigenvalue weighted by Gasteiger charge is -2.31. The van der Waals surface area contributed by atoms with Gasteiger partial charge in [0.2, 0.25) is 5.88 Å². The van der Waals surface area contributed by atoms with Crippen LogP contribution in [0.2, 0.25) is 5.15 Å². The highest BCUT2D eigenvalue weighted by Gasteiger charge is 2.26. The van der Waals surface area contributed by atoms with E-state index >= 15 is 0 Å². The van der Waals surface area contributed by atoms with Gasteiger partial charge in [0, 0.05) is 38.3 Å². The van der Waals surface area contributed by atoms with Crippen LogP contribution in [0.15, 0.2) is 53.7 Å². The summed E-state index contributed by atoms with van der Waals surface area (Å²) in [6.45, 7) is 0.984. The zero-order valence-corrected chi connectivity index (χ0v) is 19.7. The first-order valence-corrected chi connectivity index (χ1v) is 12.6. The van der Waals surface area contributed by atoms with Crippen molar-refractivity contribution in [1.29, 1.82) is 0 Å². The van der Waals surface area contributed by atoms with Crippen LogP contribution in [0.1, 0.15) is 23.3 Å². The first kappa shape index (κ1) is 23.8. The molecule has 1 aliphatic heterocycles. The number of rotatable bonds is 6. The van der Waals surface area contributed by atoms with Crippen molar-refractivity contribution in [3.8, 4) is 5.88 Å². The smallest absolute Gasteiger partial charge is 0.272 e. The summed E-state index contributed by atoms with van der Waals surface area (Å²) in [6.07, 6.45) is 3.33. The van der Waals surface area contributed by atoms with Crippen molar-refractivity contribution in [2.75, 3.05) is 24.7 Å². The van der Waals surface area contributed by atoms with Crippen molar-refractivity contribution in [2.24, 2.45) is 0 Å². The molecule has 1 aliphatic rings. The summed E-state index contributed by atoms with van der Waals surface area (Å²) < 4.78 is 43.4. The molecule has 0 saturated carbocycles. The Hall–Kier alpha value is -3.31. The average molecular weight is 506 g/mol. The van der Waals surface area contributed by atoms with Crippen molar-refractivity contribution >= 4 is 38.9 Å². The number of likely N-dealkylation sites (tertiary alicyclic amines) is 1. The van der Waals surface area contributed by atoms with E-state index in [1.54, 1.807) is 23.1 Å². The van der Waals surface area contributed by atoms with Crippen LogP contribution in [0.25, 0.3) is 0 Å². The second-order valence-corrected chi connectivity index (χ2v) is 10.1. The predicted octanol–water partition coefficient (Wildman–Crippen LogP) is 3.49. The molecule has 4 rings (SSSR count). The Kier molecular flexibility index (Phi) is 6.94. The number of benzene rings is 1. The van der Waals surface area contributed by atoms with Crippen LogP contribution in [0.5, 0.6) is 5.88 Å². The molecule has 1 fully saturated rings. The van der Waals surface area contributed by atoms with Crippen LogP contribution in [0.4, 0.5) is 15.9 Å². The van der Waals surface area contributed by atoms with Crippen LogP contribution < -0.4 is 10.1 Å². The van der Waals surface area contributed by atoms with Gasteiger partial charge in [0.05, 0.1) is 10.6 Å². The van der Waals surface area contributed by atoms with Gasteiger partial charge >= 0.3 is 0 Å². The molecular weight excluding hydrogens is 485 g/mol. The molecule has 1 N–H and O–H groups in total. The number of ether oxygens (including phenoxy) is 1. The molecule has 3 aromatic rings. The average Bonchev–Trinajstić information content (AvgIpc) is 2.80. The largest absolute Gasteiger partial charge is 0.474 e. The Morgan fingerprint density at radius 1 is 1.18 bits per heavy atom. The van der Waals surface area contributed by atoms with E-state index in [1.165, 1.54) is 24.5 Å². The van der Waals surface area contributed by atoms with E-state index in [1.807, 2.05) is 0 Å². The fourth-order valence-electron chi connectivity index (χ4n) is 3.47. The summed E-state index contributed by atoms with van der Waals surface area (Å²) in [5.74, 6) is -0.323. The molecule has 1 saturated heterocycles. The first-order valence-electron chi connectivity index (χ1n) is 10.4. The summed E-state index contributed by atoms with van der Waals surface area (Å²) >= 11 is 5.87. The van der Waals surface area contributed by atoms with E-state index < -0.39 is 15.7 Å². The second-order valence-electron chi connectivity index (χ2n) is 7.74. The number of hydrogen-bond donors (Lipinski definition) is 1. The van der Waals surface area contributed by atoms with Gasteiger partial charge < -0.3 is 15.0 Å². The van der Waals surface area contributed by atoms with Crippen molar-refractivity contribution in [1.82, 2.24) is 19.9 Å². The van der Waals surface area contributed by atoms with Gasteiger partial charge in [0.1, 0.15) is 34.9 Å². The maximum Gasteiger partial charge on any atom is 0.272 e. The number of nitrogens with zero attached hydrogens (tertiary/aromatic N) is 4. The molecule has 0 bridgehead atoms. The fourth-order valence-corrected chi connectivity index (χ4v) is 4.27. The number of nitrogens with one attached hydrogen (secondary N) is 1. The summed E-state index contributed by atoms with van der Waals surface area (Å²) in [5.41, 5.74) is 0.369. The molecule has 0 aliphatic carbocycles. The van der Waals surface area contributed by atoms with Gasteiger partial charge in [-0.05, 0) is 30.3 Å². The lowest BCUT2D eigenvalue weighted by atomic mass is 10.1. The number of carbonyl (C=O) groups is 1. The molecule has 12 heteroatoms. The van der Waals surface area contributed by atoms with E-state index in [0.717, 1.165) is 12.3 Å². The monoisotopic (exact) mass is 505 g/mol. The Labute approximate surface area is 200 Å². The number of hydrogen-bond acceptors (Lipinski definition) is 8. The van der Waals surface area contributed by atoms with Crippen molar-refractivity contribution < 1.29 is 22.3 Å². The third kappa shape index (κ3) is 5.78. The Morgan fingerprint density at radius 2 is 1.94 bits per heavy atom. The van der Waals surface area contributed by atoms with E-state index in [-0.39, 0.29) is 33.6 Å². The van der Waals surface area contributed by atoms with Crippen LogP contribution in [-0.2, 0) is 9.84 Å². The molecule has 1 aromatic carbocycles. The normalized spacial score (nSPS) is 14.6. The van der Waals surface area contributed by atoms with Crippen LogP contribution in [0.3, 0.4) is 0 Å². The van der Waals surface area contributed by atoms with Gasteiger partial charge in [-0.3, -0.25) is 4.79 Å². The van der Waals surface area contributed by atoms with Gasteiger partial charge in [0.25, 0.3) is 5.91 Å². The molecule has 1 amide bonds. The third-order valence-corrected chi connectivity index (χ3v) is 6.55. The highest BCUT2D eigenvalue weighted by atomic mass is 35.5. The minimum Gasteiger partial charge on any atom is -0.474 e. The zero-order valence-electron chi connectivity index (χ0n) is 18.1. The first-order chi connectivity index (χ1) is 16.2. The molecule has 0 spiro atoms. The summed E-state index contributed by atoms with van der Waals surface area (Å²) in [6, 6.07) is 10.0. The van der Waals surface area contributed by atoms with Gasteiger partial charge in [-0.2, -0.15) is 0 Å². The van der Waals surface area contributed by atoms with Gasteiger partial charge in [0.15, 0.2) is 9.84 Å². The minimum absolute atomic E-state index is 0.0681. The fraction of sp³-hybridized carbons (Fsp3) is 0.273. The Balaban J connectivity index is 1.36. The number of carbonyl (C=O) groups excluding carboxylic acids is 1. The van der Waals surface area contributed by atoms with Gasteiger partial charge in [-0.15, -0.1) is 0 Å². The van der Waals surface area contributed by atoms with Gasteiger partial charge in [-0.25, -0.2) is 27.8 Å². The van der Waals surface area contributed by atoms with Crippen LogP contribution in [0, 0.1) is 5.82 Å². The van der Waals surface area contributed by atoms with E-state index in [9.17, 15) is 17.6 Å². The van der Waals surface area contributed by atoms with E-state index in [2.05, 4.69) is 20.3 Å². The second kappa shape index (κ2) is 9.90. The molecule has 34 heavy (non-hydrogen) atoms. The number of amides is 1. The third-order valence-electron chi connectivity index (χ3n) is 5.22. The molecule has 0 radical (unpaired) electrons. The maximum absolute atomic E-state index is 14.3. The lowest BCUT2D eigenvalue weighted by Crippen LogP contribution is -2.42. The number of sulfone groups is 1. The summed E-state index contributed by atoms with van der Waals surface area (Å²) in [5, 5.41) is 3.07. The standard InChI is InChI=1S/C22H21ClFN5O4S/c1-34(31,32)15-5-6-17(16(24)11-15)28-20-12-21(26-13-25-20)33-14-7-9-29(10-8-14)22(30)18-3-2-4-19(23)27-18/h2-6,11-14H,7-10H2,1H3,(H,25,26,28). The van der Waals surface area contributed by atoms with Crippen molar-refractivity contribution in [3.63, 3.8) is 0 Å². The number of anilines is 2. The molecule has 178 valence electrons. The van der Waals surface area contributed by atoms with Crippen LogP contribution >= 0.6 is 11.6 Å². The van der Waals surface area contributed by atoms with Crippen LogP contribution in [-0.4, -0.2) is 59.6 Å². The van der Waals surface area contributed by atoms with E-state index in [4.69, 9.17) is 16.3 Å². The van der Waals surface area contributed by atoms with Gasteiger partial charge in [-0.1, -0.05) is 17.7 Å².